The summed E-state index contributed by atoms with van der Waals surface area (Å²) in [4.78, 5) is 27.7. The fourth-order valence-corrected chi connectivity index (χ4v) is 4.08. The van der Waals surface area contributed by atoms with Crippen molar-refractivity contribution >= 4 is 29.1 Å². The van der Waals surface area contributed by atoms with E-state index in [2.05, 4.69) is 36.6 Å². The van der Waals surface area contributed by atoms with Gasteiger partial charge in [-0.25, -0.2) is 5.01 Å². The summed E-state index contributed by atoms with van der Waals surface area (Å²) in [5.41, 5.74) is 4.09. The van der Waals surface area contributed by atoms with Crippen molar-refractivity contribution in [3.8, 4) is 0 Å². The highest BCUT2D eigenvalue weighted by Crippen LogP contribution is 2.27. The topological polar surface area (TPSA) is 67.9 Å². The van der Waals surface area contributed by atoms with Crippen molar-refractivity contribution in [3.63, 3.8) is 0 Å². The van der Waals surface area contributed by atoms with Crippen LogP contribution < -0.4 is 15.5 Å². The first kappa shape index (κ1) is 25.0. The van der Waals surface area contributed by atoms with E-state index in [1.54, 1.807) is 17.0 Å². The Hall–Kier alpha value is -2.61. The Morgan fingerprint density at radius 2 is 1.70 bits per heavy atom. The Morgan fingerprint density at radius 3 is 2.33 bits per heavy atom. The first-order valence-corrected chi connectivity index (χ1v) is 11.7. The van der Waals surface area contributed by atoms with E-state index in [4.69, 9.17) is 11.6 Å². The second kappa shape index (κ2) is 11.5. The number of fused-ring (bicyclic) bond motifs is 1. The second-order valence-electron chi connectivity index (χ2n) is 8.71. The predicted octanol–water partition coefficient (Wildman–Crippen LogP) is 2.96. The fourth-order valence-electron chi connectivity index (χ4n) is 3.91. The molecule has 7 nitrogen and oxygen atoms in total. The molecule has 178 valence electrons. The maximum atomic E-state index is 13.2. The molecule has 0 fully saturated rings. The molecule has 0 bridgehead atoms. The molecule has 33 heavy (non-hydrogen) atoms. The molecule has 2 aromatic rings. The SMILES string of the molecule is Cc1c(Cl)cccc1N(CC(=O)NCCNC(C)C)CC(=O)N(C)N1Cc2ccccc2C1. The molecule has 0 spiro atoms. The Balaban J connectivity index is 1.68. The molecular weight excluding hydrogens is 438 g/mol. The van der Waals surface area contributed by atoms with Crippen LogP contribution in [0.15, 0.2) is 42.5 Å². The monoisotopic (exact) mass is 471 g/mol. The number of likely N-dealkylation sites (N-methyl/N-ethyl adjacent to an activating group) is 1. The number of halogens is 1. The lowest BCUT2D eigenvalue weighted by molar-refractivity contribution is -0.145. The molecule has 0 unspecified atom stereocenters. The largest absolute Gasteiger partial charge is 0.353 e. The number of nitrogens with zero attached hydrogens (tertiary/aromatic N) is 3. The highest BCUT2D eigenvalue weighted by molar-refractivity contribution is 6.31. The average Bonchev–Trinajstić information content (AvgIpc) is 3.21. The molecule has 1 heterocycles. The molecular formula is C25H34ClN5O2. The van der Waals surface area contributed by atoms with Crippen LogP contribution in [0, 0.1) is 6.92 Å². The van der Waals surface area contributed by atoms with Gasteiger partial charge in [-0.1, -0.05) is 55.8 Å². The third-order valence-corrected chi connectivity index (χ3v) is 6.26. The Labute approximate surface area is 201 Å². The van der Waals surface area contributed by atoms with Gasteiger partial charge < -0.3 is 15.5 Å². The average molecular weight is 472 g/mol. The Morgan fingerprint density at radius 1 is 1.03 bits per heavy atom. The highest BCUT2D eigenvalue weighted by Gasteiger charge is 2.27. The van der Waals surface area contributed by atoms with Gasteiger partial charge in [0.15, 0.2) is 0 Å². The van der Waals surface area contributed by atoms with Gasteiger partial charge in [-0.3, -0.25) is 14.6 Å². The quantitative estimate of drug-likeness (QED) is 0.521. The van der Waals surface area contributed by atoms with E-state index in [1.165, 1.54) is 11.1 Å². The smallest absolute Gasteiger partial charge is 0.256 e. The first-order chi connectivity index (χ1) is 15.8. The maximum absolute atomic E-state index is 13.2. The normalized spacial score (nSPS) is 13.2. The van der Waals surface area contributed by atoms with Crippen LogP contribution in [0.25, 0.3) is 0 Å². The number of rotatable bonds is 10. The molecule has 0 saturated heterocycles. The van der Waals surface area contributed by atoms with Gasteiger partial charge in [0, 0.05) is 50.0 Å². The molecule has 0 radical (unpaired) electrons. The number of nitrogens with one attached hydrogen (secondary N) is 2. The number of hydrogen-bond donors (Lipinski definition) is 2. The summed E-state index contributed by atoms with van der Waals surface area (Å²) in [6.45, 7) is 8.77. The van der Waals surface area contributed by atoms with E-state index in [0.717, 1.165) is 11.3 Å². The van der Waals surface area contributed by atoms with Gasteiger partial charge in [-0.05, 0) is 35.7 Å². The predicted molar refractivity (Wildman–Crippen MR) is 133 cm³/mol. The van der Waals surface area contributed by atoms with Crippen LogP contribution in [0.3, 0.4) is 0 Å². The van der Waals surface area contributed by atoms with Crippen molar-refractivity contribution in [2.45, 2.75) is 39.9 Å². The number of anilines is 1. The Kier molecular flexibility index (Phi) is 8.72. The van der Waals surface area contributed by atoms with Crippen molar-refractivity contribution in [2.24, 2.45) is 0 Å². The lowest BCUT2D eigenvalue weighted by atomic mass is 10.1. The number of hydrazine groups is 1. The first-order valence-electron chi connectivity index (χ1n) is 11.3. The van der Waals surface area contributed by atoms with Crippen LogP contribution in [0.1, 0.15) is 30.5 Å². The van der Waals surface area contributed by atoms with Crippen LogP contribution >= 0.6 is 11.6 Å². The van der Waals surface area contributed by atoms with Gasteiger partial charge in [0.1, 0.15) is 0 Å². The summed E-state index contributed by atoms with van der Waals surface area (Å²) in [5.74, 6) is -0.222. The van der Waals surface area contributed by atoms with Crippen molar-refractivity contribution in [2.75, 3.05) is 38.1 Å². The van der Waals surface area contributed by atoms with Gasteiger partial charge in [0.05, 0.1) is 13.1 Å². The minimum absolute atomic E-state index is 0.0716. The van der Waals surface area contributed by atoms with Crippen molar-refractivity contribution < 1.29 is 9.59 Å². The van der Waals surface area contributed by atoms with Crippen LogP contribution in [0.5, 0.6) is 0 Å². The second-order valence-corrected chi connectivity index (χ2v) is 9.11. The molecule has 0 saturated carbocycles. The molecule has 1 aliphatic rings. The molecule has 2 N–H and O–H groups in total. The summed E-state index contributed by atoms with van der Waals surface area (Å²) < 4.78 is 0. The highest BCUT2D eigenvalue weighted by atomic mass is 35.5. The summed E-state index contributed by atoms with van der Waals surface area (Å²) in [6.07, 6.45) is 0. The van der Waals surface area contributed by atoms with E-state index in [-0.39, 0.29) is 24.9 Å². The van der Waals surface area contributed by atoms with E-state index in [9.17, 15) is 9.59 Å². The third kappa shape index (κ3) is 6.69. The lowest BCUT2D eigenvalue weighted by Gasteiger charge is -2.32. The van der Waals surface area contributed by atoms with Crippen LogP contribution in [0.2, 0.25) is 5.02 Å². The van der Waals surface area contributed by atoms with E-state index < -0.39 is 0 Å². The van der Waals surface area contributed by atoms with Crippen LogP contribution in [0.4, 0.5) is 5.69 Å². The molecule has 0 aliphatic carbocycles. The minimum Gasteiger partial charge on any atom is -0.353 e. The molecule has 2 aromatic carbocycles. The van der Waals surface area contributed by atoms with Gasteiger partial charge in [0.25, 0.3) is 5.91 Å². The van der Waals surface area contributed by atoms with E-state index in [1.807, 2.05) is 42.3 Å². The zero-order chi connectivity index (χ0) is 24.0. The standard InChI is InChI=1S/C25H34ClN5O2/c1-18(2)27-12-13-28-24(32)16-30(23-11-7-10-22(26)19(23)3)17-25(33)29(4)31-14-20-8-5-6-9-21(20)15-31/h5-11,18,27H,12-17H2,1-4H3,(H,28,32). The van der Waals surface area contributed by atoms with Gasteiger partial charge in [0.2, 0.25) is 5.91 Å². The zero-order valence-corrected chi connectivity index (χ0v) is 20.7. The van der Waals surface area contributed by atoms with Crippen molar-refractivity contribution in [1.82, 2.24) is 20.7 Å². The van der Waals surface area contributed by atoms with Crippen LogP contribution in [-0.4, -0.2) is 61.1 Å². The third-order valence-electron chi connectivity index (χ3n) is 5.85. The number of carbonyl (C=O) groups excluding carboxylic acids is 2. The van der Waals surface area contributed by atoms with Crippen LogP contribution in [-0.2, 0) is 22.7 Å². The van der Waals surface area contributed by atoms with Gasteiger partial charge in [-0.2, -0.15) is 0 Å². The van der Waals surface area contributed by atoms with E-state index >= 15 is 0 Å². The molecule has 1 aliphatic heterocycles. The van der Waals surface area contributed by atoms with Gasteiger partial charge in [-0.15, -0.1) is 0 Å². The summed E-state index contributed by atoms with van der Waals surface area (Å²) in [5, 5.41) is 10.5. The van der Waals surface area contributed by atoms with Gasteiger partial charge >= 0.3 is 0 Å². The Bertz CT molecular complexity index is 956. The minimum atomic E-state index is -0.135. The number of carbonyl (C=O) groups is 2. The molecule has 8 heteroatoms. The number of benzene rings is 2. The summed E-state index contributed by atoms with van der Waals surface area (Å²) in [7, 11) is 1.79. The molecule has 2 amide bonds. The van der Waals surface area contributed by atoms with E-state index in [0.29, 0.717) is 37.2 Å². The van der Waals surface area contributed by atoms with Crippen molar-refractivity contribution in [3.05, 3.63) is 64.2 Å². The zero-order valence-electron chi connectivity index (χ0n) is 19.9. The molecule has 0 atom stereocenters. The van der Waals surface area contributed by atoms with Crippen molar-refractivity contribution in [1.29, 1.82) is 0 Å². The summed E-state index contributed by atoms with van der Waals surface area (Å²) >= 11 is 6.34. The fraction of sp³-hybridized carbons (Fsp3) is 0.440. The lowest BCUT2D eigenvalue weighted by Crippen LogP contribution is -2.48. The molecule has 3 rings (SSSR count). The number of amides is 2. The summed E-state index contributed by atoms with van der Waals surface area (Å²) in [6, 6.07) is 14.1. The number of hydrogen-bond acceptors (Lipinski definition) is 5. The molecule has 0 aromatic heterocycles. The maximum Gasteiger partial charge on any atom is 0.256 e.